The number of benzene rings is 2. The van der Waals surface area contributed by atoms with Gasteiger partial charge in [-0.05, 0) is 50.6 Å². The zero-order valence-corrected chi connectivity index (χ0v) is 14.0. The van der Waals surface area contributed by atoms with Crippen molar-refractivity contribution in [3.8, 4) is 5.75 Å². The molecular formula is C19H20N2O3. The Bertz CT molecular complexity index is 774. The van der Waals surface area contributed by atoms with Crippen LogP contribution in [-0.2, 0) is 4.79 Å². The first-order valence-electron chi connectivity index (χ1n) is 7.53. The molecule has 0 aliphatic heterocycles. The van der Waals surface area contributed by atoms with Crippen LogP contribution in [-0.4, -0.2) is 23.2 Å². The maximum Gasteiger partial charge on any atom is 0.259 e. The Morgan fingerprint density at radius 1 is 1.25 bits per heavy atom. The van der Waals surface area contributed by atoms with E-state index in [9.17, 15) is 9.90 Å². The summed E-state index contributed by atoms with van der Waals surface area (Å²) in [6.45, 7) is 12.0. The highest BCUT2D eigenvalue weighted by atomic mass is 16.5. The summed E-state index contributed by atoms with van der Waals surface area (Å²) in [4.78, 5) is 15.6. The molecule has 2 N–H and O–H groups in total. The summed E-state index contributed by atoms with van der Waals surface area (Å²) in [6, 6.07) is 12.3. The van der Waals surface area contributed by atoms with Gasteiger partial charge in [-0.2, -0.15) is 0 Å². The molecule has 124 valence electrons. The summed E-state index contributed by atoms with van der Waals surface area (Å²) in [5.41, 5.74) is 1.24. The molecule has 1 amide bonds. The summed E-state index contributed by atoms with van der Waals surface area (Å²) in [5.74, 6) is 0.0236. The fraction of sp³-hybridized carbons (Fsp3) is 0.263. The summed E-state index contributed by atoms with van der Waals surface area (Å²) in [5, 5.41) is 13.0. The lowest BCUT2D eigenvalue weighted by Gasteiger charge is -2.22. The lowest BCUT2D eigenvalue weighted by molar-refractivity contribution is -0.135. The van der Waals surface area contributed by atoms with Gasteiger partial charge < -0.3 is 15.2 Å². The molecule has 0 radical (unpaired) electrons. The van der Waals surface area contributed by atoms with E-state index in [2.05, 4.69) is 10.2 Å². The van der Waals surface area contributed by atoms with Crippen LogP contribution >= 0.6 is 0 Å². The molecular weight excluding hydrogens is 306 g/mol. The molecule has 0 saturated carbocycles. The molecule has 0 saturated heterocycles. The molecule has 0 spiro atoms. The van der Waals surface area contributed by atoms with Gasteiger partial charge in [0.2, 0.25) is 0 Å². The second-order valence-corrected chi connectivity index (χ2v) is 5.94. The number of aryl methyl sites for hydroxylation is 2. The average Bonchev–Trinajstić information content (AvgIpc) is 2.54. The quantitative estimate of drug-likeness (QED) is 0.501. The molecule has 0 heterocycles. The molecule has 1 atom stereocenters. The van der Waals surface area contributed by atoms with Gasteiger partial charge in [-0.3, -0.25) is 4.79 Å². The van der Waals surface area contributed by atoms with Crippen molar-refractivity contribution in [1.82, 2.24) is 0 Å². The predicted molar refractivity (Wildman–Crippen MR) is 93.4 cm³/mol. The molecule has 0 unspecified atom stereocenters. The van der Waals surface area contributed by atoms with Crippen LogP contribution in [0.4, 0.5) is 11.4 Å². The van der Waals surface area contributed by atoms with Gasteiger partial charge in [-0.1, -0.05) is 23.8 Å². The first-order chi connectivity index (χ1) is 11.3. The zero-order valence-electron chi connectivity index (χ0n) is 14.0. The third-order valence-corrected chi connectivity index (χ3v) is 3.61. The van der Waals surface area contributed by atoms with Crippen molar-refractivity contribution in [3.63, 3.8) is 0 Å². The number of rotatable bonds is 5. The summed E-state index contributed by atoms with van der Waals surface area (Å²) in [6.07, 6.45) is 0. The third kappa shape index (κ3) is 4.34. The second kappa shape index (κ2) is 7.16. The normalized spacial score (nSPS) is 12.8. The Kier molecular flexibility index (Phi) is 5.22. The Hall–Kier alpha value is -2.84. The van der Waals surface area contributed by atoms with E-state index in [1.807, 2.05) is 19.1 Å². The number of nitrogens with zero attached hydrogens (tertiary/aromatic N) is 1. The number of anilines is 1. The largest absolute Gasteiger partial charge is 0.490 e. The van der Waals surface area contributed by atoms with Crippen LogP contribution in [0, 0.1) is 20.4 Å². The minimum atomic E-state index is -1.68. The van der Waals surface area contributed by atoms with Crippen LogP contribution in [0.3, 0.4) is 0 Å². The Balaban J connectivity index is 2.00. The van der Waals surface area contributed by atoms with Crippen molar-refractivity contribution in [2.45, 2.75) is 26.4 Å². The maximum absolute atomic E-state index is 12.3. The molecule has 24 heavy (non-hydrogen) atoms. The lowest BCUT2D eigenvalue weighted by atomic mass is 10.1. The first kappa shape index (κ1) is 17.5. The van der Waals surface area contributed by atoms with Gasteiger partial charge in [0.1, 0.15) is 12.4 Å². The van der Waals surface area contributed by atoms with E-state index in [0.29, 0.717) is 17.1 Å². The molecule has 2 rings (SSSR count). The average molecular weight is 326 g/mol. The highest BCUT2D eigenvalue weighted by molar-refractivity contribution is 5.97. The van der Waals surface area contributed by atoms with E-state index in [4.69, 9.17) is 11.3 Å². The Labute approximate surface area is 141 Å². The van der Waals surface area contributed by atoms with Crippen LogP contribution in [0.15, 0.2) is 42.5 Å². The fourth-order valence-electron chi connectivity index (χ4n) is 2.05. The van der Waals surface area contributed by atoms with Gasteiger partial charge in [0.05, 0.1) is 6.57 Å². The standard InChI is InChI=1S/C19H20N2O3/c1-13-5-8-16(9-6-13)24-12-19(3,23)18(22)21-15-7-10-17(20-4)14(2)11-15/h5-11,23H,12H2,1-3H3,(H,21,22)/t19-/m0/s1/i4+1,20+1. The van der Waals surface area contributed by atoms with Gasteiger partial charge in [-0.15, -0.1) is 0 Å². The van der Waals surface area contributed by atoms with E-state index < -0.39 is 11.5 Å². The Morgan fingerprint density at radius 2 is 1.92 bits per heavy atom. The molecule has 5 heteroatoms. The van der Waals surface area contributed by atoms with Gasteiger partial charge in [0.25, 0.3) is 5.91 Å². The van der Waals surface area contributed by atoms with Gasteiger partial charge in [-0.25, -0.2) is 4.85 Å². The lowest BCUT2D eigenvalue weighted by Crippen LogP contribution is -2.45. The SMILES string of the molecule is Cc1ccc(OC[C@](C)(O)C(=O)Nc2ccc([15N+]#[13C-])c(C)c2)cc1. The highest BCUT2D eigenvalue weighted by Gasteiger charge is 2.31. The van der Waals surface area contributed by atoms with Crippen LogP contribution in [0.25, 0.3) is 4.85 Å². The molecule has 0 bridgehead atoms. The first-order valence-corrected chi connectivity index (χ1v) is 7.53. The molecule has 2 aromatic carbocycles. The molecule has 5 nitrogen and oxygen atoms in total. The van der Waals surface area contributed by atoms with E-state index in [1.54, 1.807) is 37.3 Å². The van der Waals surface area contributed by atoms with Gasteiger partial charge >= 0.3 is 0 Å². The number of carbonyl (C=O) groups excluding carboxylic acids is 1. The van der Waals surface area contributed by atoms with Gasteiger partial charge in [0.15, 0.2) is 11.3 Å². The highest BCUT2D eigenvalue weighted by Crippen LogP contribution is 2.23. The number of carbonyl (C=O) groups is 1. The number of nitrogens with one attached hydrogen (secondary N) is 1. The van der Waals surface area contributed by atoms with Crippen molar-refractivity contribution >= 4 is 17.3 Å². The fourth-order valence-corrected chi connectivity index (χ4v) is 2.05. The maximum atomic E-state index is 12.3. The van der Waals surface area contributed by atoms with Crippen molar-refractivity contribution < 1.29 is 14.6 Å². The van der Waals surface area contributed by atoms with Crippen molar-refractivity contribution in [1.29, 1.82) is 0 Å². The van der Waals surface area contributed by atoms with Crippen LogP contribution in [0.2, 0.25) is 0 Å². The van der Waals surface area contributed by atoms with Gasteiger partial charge in [0, 0.05) is 5.69 Å². The smallest absolute Gasteiger partial charge is 0.259 e. The molecule has 0 aromatic heterocycles. The zero-order chi connectivity index (χ0) is 17.7. The van der Waals surface area contributed by atoms with Crippen LogP contribution in [0.1, 0.15) is 18.1 Å². The Morgan fingerprint density at radius 3 is 2.50 bits per heavy atom. The summed E-state index contributed by atoms with van der Waals surface area (Å²) >= 11 is 0. The summed E-state index contributed by atoms with van der Waals surface area (Å²) in [7, 11) is 0. The van der Waals surface area contributed by atoms with E-state index in [1.165, 1.54) is 6.92 Å². The van der Waals surface area contributed by atoms with Crippen LogP contribution < -0.4 is 10.1 Å². The monoisotopic (exact) mass is 326 g/mol. The minimum Gasteiger partial charge on any atom is -0.490 e. The molecule has 0 fully saturated rings. The van der Waals surface area contributed by atoms with E-state index in [-0.39, 0.29) is 6.61 Å². The molecule has 0 aliphatic carbocycles. The molecule has 0 aliphatic rings. The van der Waals surface area contributed by atoms with E-state index >= 15 is 0 Å². The topological polar surface area (TPSA) is 62.9 Å². The number of hydrogen-bond donors (Lipinski definition) is 2. The van der Waals surface area contributed by atoms with Crippen molar-refractivity contribution in [3.05, 3.63) is 65.0 Å². The third-order valence-electron chi connectivity index (χ3n) is 3.61. The van der Waals surface area contributed by atoms with Crippen molar-refractivity contribution in [2.75, 3.05) is 11.9 Å². The number of ether oxygens (including phenoxy) is 1. The number of amides is 1. The molecule has 2 aromatic rings. The van der Waals surface area contributed by atoms with Crippen molar-refractivity contribution in [2.24, 2.45) is 0 Å². The second-order valence-electron chi connectivity index (χ2n) is 5.94. The van der Waals surface area contributed by atoms with E-state index in [0.717, 1.165) is 11.1 Å². The summed E-state index contributed by atoms with van der Waals surface area (Å²) < 4.78 is 5.49. The van der Waals surface area contributed by atoms with Crippen LogP contribution in [0.5, 0.6) is 5.75 Å². The number of aliphatic hydroxyl groups is 1. The minimum absolute atomic E-state index is 0.166. The number of hydrogen-bond acceptors (Lipinski definition) is 3. The predicted octanol–water partition coefficient (Wildman–Crippen LogP) is 3.62.